The zero-order valence-corrected chi connectivity index (χ0v) is 23.9. The monoisotopic (exact) mass is 578 g/mol. The molecule has 3 atom stereocenters. The number of hydrogen-bond donors (Lipinski definition) is 4. The Morgan fingerprint density at radius 1 is 0.951 bits per heavy atom. The van der Waals surface area contributed by atoms with Crippen molar-refractivity contribution in [2.24, 2.45) is 0 Å². The average molecular weight is 579 g/mol. The highest BCUT2D eigenvalue weighted by Gasteiger charge is 2.49. The van der Waals surface area contributed by atoms with Gasteiger partial charge in [0, 0.05) is 33.6 Å². The number of amides is 2. The molecule has 1 saturated heterocycles. The molecule has 1 fully saturated rings. The number of nitrogens with one attached hydrogen (secondary N) is 3. The molecule has 3 aromatic rings. The summed E-state index contributed by atoms with van der Waals surface area (Å²) in [4.78, 5) is 40.8. The molecule has 3 aromatic carbocycles. The van der Waals surface area contributed by atoms with Crippen LogP contribution in [-0.4, -0.2) is 63.0 Å². The highest BCUT2D eigenvalue weighted by atomic mass is 32.2. The lowest BCUT2D eigenvalue weighted by molar-refractivity contribution is -0.141. The van der Waals surface area contributed by atoms with Crippen LogP contribution in [0.1, 0.15) is 36.0 Å². The number of rotatable bonds is 13. The highest BCUT2D eigenvalue weighted by Crippen LogP contribution is 2.39. The smallest absolute Gasteiger partial charge is 0.322 e. The second-order valence-corrected chi connectivity index (χ2v) is 12.1. The minimum atomic E-state index is -2.93. The molecular formula is C32H38N4O4S. The summed E-state index contributed by atoms with van der Waals surface area (Å²) in [6.45, 7) is -2.57. The molecule has 2 amide bonds. The molecule has 0 spiro atoms. The van der Waals surface area contributed by atoms with Gasteiger partial charge in [-0.25, -0.2) is 0 Å². The Hall–Kier alpha value is -3.66. The molecule has 0 aliphatic carbocycles. The number of aliphatic carboxylic acids is 1. The maximum atomic E-state index is 14.6. The molecule has 1 aliphatic rings. The zero-order valence-electron chi connectivity index (χ0n) is 27.0. The van der Waals surface area contributed by atoms with Gasteiger partial charge in [0.25, 0.3) is 0 Å². The van der Waals surface area contributed by atoms with Gasteiger partial charge in [-0.3, -0.25) is 19.7 Å². The number of carboxylic acids is 1. The van der Waals surface area contributed by atoms with Gasteiger partial charge in [-0.15, -0.1) is 11.8 Å². The topological polar surface area (TPSA) is 111 Å². The second-order valence-electron chi connectivity index (χ2n) is 10.3. The van der Waals surface area contributed by atoms with E-state index < -0.39 is 53.0 Å². The molecule has 0 unspecified atom stereocenters. The van der Waals surface area contributed by atoms with E-state index in [0.717, 1.165) is 22.2 Å². The van der Waals surface area contributed by atoms with Crippen LogP contribution in [0.5, 0.6) is 0 Å². The Morgan fingerprint density at radius 2 is 1.51 bits per heavy atom. The van der Waals surface area contributed by atoms with Crippen LogP contribution in [0.15, 0.2) is 91.0 Å². The molecule has 4 N–H and O–H groups in total. The van der Waals surface area contributed by atoms with Gasteiger partial charge >= 0.3 is 5.97 Å². The maximum absolute atomic E-state index is 14.6. The van der Waals surface area contributed by atoms with Gasteiger partial charge in [-0.2, -0.15) is 0 Å². The van der Waals surface area contributed by atoms with Crippen molar-refractivity contribution < 1.29 is 25.0 Å². The Kier molecular flexibility index (Phi) is 8.75. The molecular weight excluding hydrogens is 536 g/mol. The number of nitrogens with zero attached hydrogens (tertiary/aromatic N) is 1. The molecule has 216 valence electrons. The van der Waals surface area contributed by atoms with E-state index in [1.54, 1.807) is 92.7 Å². The highest BCUT2D eigenvalue weighted by molar-refractivity contribution is 8.01. The molecule has 0 bridgehead atoms. The average Bonchev–Trinajstić information content (AvgIpc) is 3.33. The fraction of sp³-hybridized carbons (Fsp3) is 0.344. The van der Waals surface area contributed by atoms with Gasteiger partial charge in [-0.1, -0.05) is 91.0 Å². The Labute approximate surface area is 251 Å². The standard InChI is InChI=1S/C32H38N4O4S/c1-32(2)28(31(39)40)35-29(41-32)27(34-26(37)20-23-12-6-3-7-13-23)30(38)36(22-25-16-10-5-11-17-25)19-18-33-21-24-14-8-4-9-15-24/h3-17,27-29,33,35H,18-22H2,1-2H3,(H,34,37)(H,39,40)/t27-,28+,29-/m0/s1/i18D2,19D2. The number of carbonyl (C=O) groups excluding carboxylic acids is 2. The number of thioether (sulfide) groups is 1. The largest absolute Gasteiger partial charge is 0.480 e. The van der Waals surface area contributed by atoms with Gasteiger partial charge in [0.05, 0.1) is 14.5 Å². The van der Waals surface area contributed by atoms with Crippen molar-refractivity contribution in [1.82, 2.24) is 20.9 Å². The molecule has 8 nitrogen and oxygen atoms in total. The summed E-state index contributed by atoms with van der Waals surface area (Å²) in [6, 6.07) is 23.9. The quantitative estimate of drug-likeness (QED) is 0.246. The third-order valence-corrected chi connectivity index (χ3v) is 8.17. The molecule has 0 saturated carbocycles. The lowest BCUT2D eigenvalue weighted by Gasteiger charge is -2.31. The predicted molar refractivity (Wildman–Crippen MR) is 162 cm³/mol. The van der Waals surface area contributed by atoms with Crippen molar-refractivity contribution in [2.75, 3.05) is 13.0 Å². The Morgan fingerprint density at radius 3 is 2.07 bits per heavy atom. The summed E-state index contributed by atoms with van der Waals surface area (Å²) in [5.41, 5.74) is 1.95. The van der Waals surface area contributed by atoms with E-state index in [2.05, 4.69) is 16.0 Å². The van der Waals surface area contributed by atoms with E-state index >= 15 is 0 Å². The summed E-state index contributed by atoms with van der Waals surface area (Å²) >= 11 is 1.15. The van der Waals surface area contributed by atoms with Crippen LogP contribution in [0.4, 0.5) is 0 Å². The Balaban J connectivity index is 1.70. The second kappa shape index (κ2) is 14.3. The van der Waals surface area contributed by atoms with Gasteiger partial charge in [-0.05, 0) is 30.5 Å². The first-order valence-corrected chi connectivity index (χ1v) is 14.2. The van der Waals surface area contributed by atoms with Crippen LogP contribution in [-0.2, 0) is 33.9 Å². The number of benzene rings is 3. The number of carbonyl (C=O) groups is 3. The van der Waals surface area contributed by atoms with Crippen molar-refractivity contribution >= 4 is 29.5 Å². The normalized spacial score (nSPS) is 20.5. The van der Waals surface area contributed by atoms with Crippen LogP contribution in [0.3, 0.4) is 0 Å². The molecule has 1 heterocycles. The summed E-state index contributed by atoms with van der Waals surface area (Å²) in [7, 11) is 0. The summed E-state index contributed by atoms with van der Waals surface area (Å²) < 4.78 is 34.7. The zero-order chi connectivity index (χ0) is 32.8. The van der Waals surface area contributed by atoms with E-state index in [0.29, 0.717) is 11.1 Å². The van der Waals surface area contributed by atoms with Crippen LogP contribution in [0, 0.1) is 0 Å². The third-order valence-electron chi connectivity index (χ3n) is 6.66. The molecule has 1 aliphatic heterocycles. The van der Waals surface area contributed by atoms with Crippen molar-refractivity contribution in [3.63, 3.8) is 0 Å². The van der Waals surface area contributed by atoms with Crippen LogP contribution >= 0.6 is 11.8 Å². The first kappa shape index (κ1) is 25.1. The minimum absolute atomic E-state index is 0.00747. The van der Waals surface area contributed by atoms with Crippen LogP contribution in [0.25, 0.3) is 0 Å². The Bertz CT molecular complexity index is 1470. The molecule has 0 aromatic heterocycles. The SMILES string of the molecule is [2H]C([2H])(NCc1ccccc1)C([2H])([2H])N(Cc1ccccc1)C(=O)[C@@H](NC(=O)Cc1ccccc1)[C@H]1N[C@H](C(=O)O)C(C)(C)S1. The fourth-order valence-electron chi connectivity index (χ4n) is 4.56. The van der Waals surface area contributed by atoms with Gasteiger partial charge < -0.3 is 20.6 Å². The fourth-order valence-corrected chi connectivity index (χ4v) is 6.04. The number of carboxylic acid groups (broad SMARTS) is 1. The third kappa shape index (κ3) is 8.66. The molecule has 9 heteroatoms. The summed E-state index contributed by atoms with van der Waals surface area (Å²) in [6.07, 6.45) is -0.0706. The van der Waals surface area contributed by atoms with E-state index in [1.807, 2.05) is 12.1 Å². The summed E-state index contributed by atoms with van der Waals surface area (Å²) in [5.74, 6) is -2.55. The van der Waals surface area contributed by atoms with Crippen molar-refractivity contribution in [1.29, 1.82) is 0 Å². The van der Waals surface area contributed by atoms with E-state index in [1.165, 1.54) is 0 Å². The first-order valence-electron chi connectivity index (χ1n) is 15.4. The molecule has 4 rings (SSSR count). The van der Waals surface area contributed by atoms with Crippen LogP contribution < -0.4 is 16.0 Å². The minimum Gasteiger partial charge on any atom is -0.480 e. The van der Waals surface area contributed by atoms with Crippen LogP contribution in [0.2, 0.25) is 0 Å². The molecule has 0 radical (unpaired) electrons. The van der Waals surface area contributed by atoms with E-state index in [-0.39, 0.29) is 19.5 Å². The van der Waals surface area contributed by atoms with E-state index in [4.69, 9.17) is 5.48 Å². The summed E-state index contributed by atoms with van der Waals surface area (Å²) in [5, 5.41) is 17.3. The van der Waals surface area contributed by atoms with E-state index in [9.17, 15) is 19.5 Å². The van der Waals surface area contributed by atoms with Crippen molar-refractivity contribution in [2.45, 2.75) is 55.6 Å². The van der Waals surface area contributed by atoms with Gasteiger partial charge in [0.2, 0.25) is 11.8 Å². The first-order chi connectivity index (χ1) is 21.2. The number of hydrogen-bond acceptors (Lipinski definition) is 6. The van der Waals surface area contributed by atoms with Crippen molar-refractivity contribution in [3.05, 3.63) is 108 Å². The van der Waals surface area contributed by atoms with Gasteiger partial charge in [0.15, 0.2) is 0 Å². The lowest BCUT2D eigenvalue weighted by Crippen LogP contribution is -2.58. The predicted octanol–water partition coefficient (Wildman–Crippen LogP) is 3.43. The lowest BCUT2D eigenvalue weighted by atomic mass is 10.0. The molecule has 41 heavy (non-hydrogen) atoms. The van der Waals surface area contributed by atoms with Crippen molar-refractivity contribution in [3.8, 4) is 0 Å². The maximum Gasteiger partial charge on any atom is 0.322 e. The van der Waals surface area contributed by atoms with Gasteiger partial charge in [0.1, 0.15) is 12.1 Å².